The second-order valence-electron chi connectivity index (χ2n) is 6.37. The number of nitrogens with one attached hydrogen (secondary N) is 1. The second kappa shape index (κ2) is 6.72. The number of piperidine rings is 1. The topological polar surface area (TPSA) is 24.5 Å². The van der Waals surface area contributed by atoms with Gasteiger partial charge in [-0.2, -0.15) is 0 Å². The van der Waals surface area contributed by atoms with Gasteiger partial charge in [0.25, 0.3) is 0 Å². The number of ether oxygens (including phenoxy) is 1. The van der Waals surface area contributed by atoms with Gasteiger partial charge in [0.05, 0.1) is 6.61 Å². The Morgan fingerprint density at radius 3 is 2.29 bits per heavy atom. The second-order valence-corrected chi connectivity index (χ2v) is 6.37. The largest absolute Gasteiger partial charge is 0.383 e. The van der Waals surface area contributed by atoms with Crippen molar-refractivity contribution in [3.8, 4) is 0 Å². The van der Waals surface area contributed by atoms with Gasteiger partial charge in [-0.15, -0.1) is 0 Å². The lowest BCUT2D eigenvalue weighted by Crippen LogP contribution is -2.50. The van der Waals surface area contributed by atoms with Crippen LogP contribution in [0.2, 0.25) is 0 Å². The van der Waals surface area contributed by atoms with Crippen LogP contribution in [0.4, 0.5) is 0 Å². The summed E-state index contributed by atoms with van der Waals surface area (Å²) in [6.07, 6.45) is 2.60. The van der Waals surface area contributed by atoms with Crippen LogP contribution in [0.25, 0.3) is 0 Å². The molecule has 0 amide bonds. The first-order valence-electron chi connectivity index (χ1n) is 6.91. The number of rotatable bonds is 6. The van der Waals surface area contributed by atoms with Crippen LogP contribution in [0, 0.1) is 5.41 Å². The van der Waals surface area contributed by atoms with Crippen LogP contribution in [0.15, 0.2) is 0 Å². The highest BCUT2D eigenvalue weighted by Crippen LogP contribution is 2.30. The molecule has 0 aromatic carbocycles. The summed E-state index contributed by atoms with van der Waals surface area (Å²) in [7, 11) is 1.80. The van der Waals surface area contributed by atoms with Crippen molar-refractivity contribution in [2.24, 2.45) is 5.41 Å². The van der Waals surface area contributed by atoms with E-state index in [4.69, 9.17) is 4.74 Å². The van der Waals surface area contributed by atoms with Crippen LogP contribution in [0.5, 0.6) is 0 Å². The molecule has 1 unspecified atom stereocenters. The molecule has 1 atom stereocenters. The van der Waals surface area contributed by atoms with Crippen molar-refractivity contribution in [1.82, 2.24) is 10.2 Å². The maximum atomic E-state index is 5.36. The summed E-state index contributed by atoms with van der Waals surface area (Å²) in [5, 5.41) is 3.53. The molecule has 1 heterocycles. The zero-order valence-electron chi connectivity index (χ0n) is 12.3. The quantitative estimate of drug-likeness (QED) is 0.772. The highest BCUT2D eigenvalue weighted by atomic mass is 16.5. The SMILES string of the molecule is COCC(CNC(C)C)N1CCC(C)(C)CC1. The lowest BCUT2D eigenvalue weighted by molar-refractivity contribution is 0.0460. The molecule has 3 nitrogen and oxygen atoms in total. The Morgan fingerprint density at radius 2 is 1.82 bits per heavy atom. The van der Waals surface area contributed by atoms with Gasteiger partial charge in [0.15, 0.2) is 0 Å². The van der Waals surface area contributed by atoms with Crippen LogP contribution < -0.4 is 5.32 Å². The van der Waals surface area contributed by atoms with Crippen molar-refractivity contribution < 1.29 is 4.74 Å². The monoisotopic (exact) mass is 242 g/mol. The summed E-state index contributed by atoms with van der Waals surface area (Å²) in [4.78, 5) is 2.59. The number of likely N-dealkylation sites (tertiary alicyclic amines) is 1. The third-order valence-electron chi connectivity index (χ3n) is 3.79. The molecule has 1 aliphatic heterocycles. The van der Waals surface area contributed by atoms with Gasteiger partial charge in [-0.3, -0.25) is 4.90 Å². The van der Waals surface area contributed by atoms with E-state index in [2.05, 4.69) is 37.9 Å². The Hall–Kier alpha value is -0.120. The van der Waals surface area contributed by atoms with E-state index in [1.807, 2.05) is 0 Å². The van der Waals surface area contributed by atoms with E-state index in [1.54, 1.807) is 7.11 Å². The molecule has 102 valence electrons. The molecule has 3 heteroatoms. The number of hydrogen-bond donors (Lipinski definition) is 1. The minimum absolute atomic E-state index is 0.526. The molecule has 1 N–H and O–H groups in total. The molecular formula is C14H30N2O. The van der Waals surface area contributed by atoms with E-state index >= 15 is 0 Å². The first kappa shape index (κ1) is 14.9. The third kappa shape index (κ3) is 5.36. The average Bonchev–Trinajstić information content (AvgIpc) is 2.24. The highest BCUT2D eigenvalue weighted by Gasteiger charge is 2.29. The van der Waals surface area contributed by atoms with Gasteiger partial charge in [-0.05, 0) is 31.3 Å². The standard InChI is InChI=1S/C14H30N2O/c1-12(2)15-10-13(11-17-5)16-8-6-14(3,4)7-9-16/h12-13,15H,6-11H2,1-5H3. The molecule has 1 fully saturated rings. The number of hydrogen-bond acceptors (Lipinski definition) is 3. The van der Waals surface area contributed by atoms with E-state index in [0.29, 0.717) is 17.5 Å². The average molecular weight is 242 g/mol. The number of methoxy groups -OCH3 is 1. The third-order valence-corrected chi connectivity index (χ3v) is 3.79. The normalized spacial score (nSPS) is 22.9. The van der Waals surface area contributed by atoms with Crippen LogP contribution in [0.3, 0.4) is 0 Å². The van der Waals surface area contributed by atoms with Gasteiger partial charge >= 0.3 is 0 Å². The predicted molar refractivity (Wildman–Crippen MR) is 73.4 cm³/mol. The van der Waals surface area contributed by atoms with Crippen molar-refractivity contribution in [1.29, 1.82) is 0 Å². The van der Waals surface area contributed by atoms with Gasteiger partial charge in [0.1, 0.15) is 0 Å². The Morgan fingerprint density at radius 1 is 1.24 bits per heavy atom. The molecule has 1 rings (SSSR count). The van der Waals surface area contributed by atoms with Crippen molar-refractivity contribution in [3.63, 3.8) is 0 Å². The van der Waals surface area contributed by atoms with Gasteiger partial charge in [-0.25, -0.2) is 0 Å². The molecule has 0 bridgehead atoms. The van der Waals surface area contributed by atoms with E-state index in [9.17, 15) is 0 Å². The van der Waals surface area contributed by atoms with E-state index in [-0.39, 0.29) is 0 Å². The fraction of sp³-hybridized carbons (Fsp3) is 1.00. The number of nitrogens with zero attached hydrogens (tertiary/aromatic N) is 1. The summed E-state index contributed by atoms with van der Waals surface area (Å²) < 4.78 is 5.36. The van der Waals surface area contributed by atoms with Crippen LogP contribution in [-0.4, -0.2) is 50.3 Å². The summed E-state index contributed by atoms with van der Waals surface area (Å²) in [6.45, 7) is 13.4. The Bertz CT molecular complexity index is 206. The zero-order chi connectivity index (χ0) is 12.9. The Kier molecular flexibility index (Phi) is 5.90. The maximum Gasteiger partial charge on any atom is 0.0630 e. The van der Waals surface area contributed by atoms with Crippen LogP contribution in [-0.2, 0) is 4.74 Å². The molecular weight excluding hydrogens is 212 g/mol. The Labute approximate surface area is 107 Å². The van der Waals surface area contributed by atoms with E-state index in [0.717, 1.165) is 13.2 Å². The lowest BCUT2D eigenvalue weighted by atomic mass is 9.82. The summed E-state index contributed by atoms with van der Waals surface area (Å²) >= 11 is 0. The molecule has 1 saturated heterocycles. The first-order chi connectivity index (χ1) is 7.94. The molecule has 0 aromatic heterocycles. The van der Waals surface area contributed by atoms with Gasteiger partial charge in [0, 0.05) is 25.7 Å². The predicted octanol–water partition coefficient (Wildman–Crippen LogP) is 2.12. The van der Waals surface area contributed by atoms with Gasteiger partial charge in [0.2, 0.25) is 0 Å². The fourth-order valence-corrected chi connectivity index (χ4v) is 2.35. The van der Waals surface area contributed by atoms with Crippen molar-refractivity contribution in [3.05, 3.63) is 0 Å². The maximum absolute atomic E-state index is 5.36. The molecule has 0 radical (unpaired) electrons. The minimum Gasteiger partial charge on any atom is -0.383 e. The molecule has 0 aliphatic carbocycles. The Balaban J connectivity index is 2.42. The highest BCUT2D eigenvalue weighted by molar-refractivity contribution is 4.83. The molecule has 0 aromatic rings. The molecule has 1 aliphatic rings. The van der Waals surface area contributed by atoms with Crippen LogP contribution >= 0.6 is 0 Å². The van der Waals surface area contributed by atoms with Gasteiger partial charge < -0.3 is 10.1 Å². The molecule has 0 spiro atoms. The van der Waals surface area contributed by atoms with E-state index in [1.165, 1.54) is 25.9 Å². The van der Waals surface area contributed by atoms with Gasteiger partial charge in [-0.1, -0.05) is 27.7 Å². The summed E-state index contributed by atoms with van der Waals surface area (Å²) in [6, 6.07) is 1.08. The van der Waals surface area contributed by atoms with Crippen molar-refractivity contribution in [2.45, 2.75) is 52.6 Å². The fourth-order valence-electron chi connectivity index (χ4n) is 2.35. The first-order valence-corrected chi connectivity index (χ1v) is 6.91. The smallest absolute Gasteiger partial charge is 0.0630 e. The zero-order valence-corrected chi connectivity index (χ0v) is 12.3. The van der Waals surface area contributed by atoms with E-state index < -0.39 is 0 Å². The lowest BCUT2D eigenvalue weighted by Gasteiger charge is -2.41. The summed E-state index contributed by atoms with van der Waals surface area (Å²) in [5.74, 6) is 0. The molecule has 0 saturated carbocycles. The van der Waals surface area contributed by atoms with Crippen molar-refractivity contribution >= 4 is 0 Å². The minimum atomic E-state index is 0.526. The van der Waals surface area contributed by atoms with Crippen molar-refractivity contribution in [2.75, 3.05) is 33.4 Å². The summed E-state index contributed by atoms with van der Waals surface area (Å²) in [5.41, 5.74) is 0.527. The molecule has 17 heavy (non-hydrogen) atoms. The van der Waals surface area contributed by atoms with Crippen LogP contribution in [0.1, 0.15) is 40.5 Å².